The van der Waals surface area contributed by atoms with E-state index in [-0.39, 0.29) is 0 Å². The van der Waals surface area contributed by atoms with E-state index in [1.165, 1.54) is 0 Å². The Bertz CT molecular complexity index is 397. The van der Waals surface area contributed by atoms with Crippen LogP contribution in [0.15, 0.2) is 18.2 Å². The molecule has 0 bridgehead atoms. The van der Waals surface area contributed by atoms with Crippen LogP contribution in [-0.2, 0) is 0 Å². The van der Waals surface area contributed by atoms with Gasteiger partial charge in [0.15, 0.2) is 0 Å². The molecule has 0 aromatic heterocycles. The Morgan fingerprint density at radius 2 is 2.06 bits per heavy atom. The second-order valence-electron chi connectivity index (χ2n) is 3.75. The number of ether oxygens (including phenoxy) is 2. The van der Waals surface area contributed by atoms with E-state index in [1.54, 1.807) is 25.3 Å². The van der Waals surface area contributed by atoms with Gasteiger partial charge >= 0.3 is 0 Å². The Hall–Kier alpha value is -1.21. The minimum Gasteiger partial charge on any atom is -0.497 e. The first-order chi connectivity index (χ1) is 8.23. The average molecular weight is 298 g/mol. The van der Waals surface area contributed by atoms with Crippen LogP contribution >= 0.6 is 15.9 Å². The van der Waals surface area contributed by atoms with Gasteiger partial charge in [-0.25, -0.2) is 0 Å². The van der Waals surface area contributed by atoms with Crippen molar-refractivity contribution in [3.8, 4) is 17.6 Å². The number of nitrogens with zero attached hydrogens (tertiary/aromatic N) is 1. The number of hydrogen-bond acceptors (Lipinski definition) is 3. The largest absolute Gasteiger partial charge is 0.497 e. The van der Waals surface area contributed by atoms with Crippen LogP contribution in [0.1, 0.15) is 18.9 Å². The first-order valence-corrected chi connectivity index (χ1v) is 6.63. The highest BCUT2D eigenvalue weighted by molar-refractivity contribution is 9.09. The van der Waals surface area contributed by atoms with Crippen molar-refractivity contribution in [2.45, 2.75) is 13.3 Å². The first-order valence-electron chi connectivity index (χ1n) is 5.51. The molecule has 1 unspecified atom stereocenters. The maximum absolute atomic E-state index is 8.88. The summed E-state index contributed by atoms with van der Waals surface area (Å²) in [5.74, 6) is 1.80. The summed E-state index contributed by atoms with van der Waals surface area (Å²) in [6, 6.07) is 7.30. The summed E-state index contributed by atoms with van der Waals surface area (Å²) < 4.78 is 10.8. The number of hydrogen-bond donors (Lipinski definition) is 0. The highest BCUT2D eigenvalue weighted by Gasteiger charge is 2.07. The third-order valence-electron chi connectivity index (χ3n) is 2.53. The number of methoxy groups -OCH3 is 1. The predicted molar refractivity (Wildman–Crippen MR) is 70.8 cm³/mol. The molecule has 17 heavy (non-hydrogen) atoms. The molecule has 92 valence electrons. The van der Waals surface area contributed by atoms with Crippen LogP contribution in [0.3, 0.4) is 0 Å². The third kappa shape index (κ3) is 4.27. The Labute approximate surface area is 110 Å². The molecule has 1 rings (SSSR count). The molecule has 0 N–H and O–H groups in total. The van der Waals surface area contributed by atoms with E-state index < -0.39 is 0 Å². The maximum atomic E-state index is 8.88. The van der Waals surface area contributed by atoms with Crippen molar-refractivity contribution in [1.29, 1.82) is 5.26 Å². The summed E-state index contributed by atoms with van der Waals surface area (Å²) in [6.45, 7) is 2.77. The molecular weight excluding hydrogens is 282 g/mol. The number of nitriles is 1. The fourth-order valence-electron chi connectivity index (χ4n) is 1.32. The zero-order valence-corrected chi connectivity index (χ0v) is 11.7. The Morgan fingerprint density at radius 1 is 1.35 bits per heavy atom. The fraction of sp³-hybridized carbons (Fsp3) is 0.462. The first kappa shape index (κ1) is 13.9. The zero-order chi connectivity index (χ0) is 12.7. The molecular formula is C13H16BrNO2. The molecule has 0 aliphatic rings. The smallest absolute Gasteiger partial charge is 0.124 e. The van der Waals surface area contributed by atoms with Gasteiger partial charge in [-0.3, -0.25) is 0 Å². The lowest BCUT2D eigenvalue weighted by Gasteiger charge is -2.13. The second kappa shape index (κ2) is 7.18. The van der Waals surface area contributed by atoms with Crippen LogP contribution in [0.2, 0.25) is 0 Å². The molecule has 0 amide bonds. The molecule has 3 nitrogen and oxygen atoms in total. The van der Waals surface area contributed by atoms with Crippen molar-refractivity contribution in [2.24, 2.45) is 5.92 Å². The SMILES string of the molecule is CCC(CBr)COc1cc(C#N)cc(OC)c1. The highest BCUT2D eigenvalue weighted by Crippen LogP contribution is 2.23. The zero-order valence-electron chi connectivity index (χ0n) is 10.1. The van der Waals surface area contributed by atoms with E-state index in [1.807, 2.05) is 0 Å². The van der Waals surface area contributed by atoms with Crippen LogP contribution in [-0.4, -0.2) is 19.0 Å². The van der Waals surface area contributed by atoms with Crippen LogP contribution in [0.4, 0.5) is 0 Å². The van der Waals surface area contributed by atoms with Gasteiger partial charge in [-0.15, -0.1) is 0 Å². The van der Waals surface area contributed by atoms with Gasteiger partial charge in [-0.2, -0.15) is 5.26 Å². The summed E-state index contributed by atoms with van der Waals surface area (Å²) in [7, 11) is 1.58. The monoisotopic (exact) mass is 297 g/mol. The molecule has 1 atom stereocenters. The standard InChI is InChI=1S/C13H16BrNO2/c1-3-10(7-14)9-17-13-5-11(8-15)4-12(6-13)16-2/h4-6,10H,3,7,9H2,1-2H3. The lowest BCUT2D eigenvalue weighted by atomic mass is 10.1. The molecule has 0 spiro atoms. The molecule has 0 heterocycles. The Morgan fingerprint density at radius 3 is 2.59 bits per heavy atom. The van der Waals surface area contributed by atoms with E-state index in [4.69, 9.17) is 14.7 Å². The van der Waals surface area contributed by atoms with Crippen molar-refractivity contribution < 1.29 is 9.47 Å². The van der Waals surface area contributed by atoms with Gasteiger partial charge in [0, 0.05) is 17.3 Å². The molecule has 1 aromatic carbocycles. The lowest BCUT2D eigenvalue weighted by Crippen LogP contribution is -2.12. The van der Waals surface area contributed by atoms with E-state index in [0.717, 1.165) is 11.8 Å². The van der Waals surface area contributed by atoms with Crippen molar-refractivity contribution >= 4 is 15.9 Å². The third-order valence-corrected chi connectivity index (χ3v) is 3.44. The maximum Gasteiger partial charge on any atom is 0.124 e. The second-order valence-corrected chi connectivity index (χ2v) is 4.40. The Balaban J connectivity index is 2.73. The summed E-state index contributed by atoms with van der Waals surface area (Å²) in [5, 5.41) is 9.80. The summed E-state index contributed by atoms with van der Waals surface area (Å²) in [6.07, 6.45) is 1.06. The van der Waals surface area contributed by atoms with E-state index in [0.29, 0.717) is 29.6 Å². The van der Waals surface area contributed by atoms with Gasteiger partial charge in [0.2, 0.25) is 0 Å². The van der Waals surface area contributed by atoms with Gasteiger partial charge in [0.05, 0.1) is 25.3 Å². The van der Waals surface area contributed by atoms with Crippen LogP contribution in [0.5, 0.6) is 11.5 Å². The minimum atomic E-state index is 0.478. The van der Waals surface area contributed by atoms with Crippen LogP contribution in [0.25, 0.3) is 0 Å². The predicted octanol–water partition coefficient (Wildman–Crippen LogP) is 3.37. The number of alkyl halides is 1. The van der Waals surface area contributed by atoms with E-state index in [9.17, 15) is 0 Å². The minimum absolute atomic E-state index is 0.478. The molecule has 4 heteroatoms. The molecule has 0 radical (unpaired) electrons. The normalized spacial score (nSPS) is 11.6. The van der Waals surface area contributed by atoms with Crippen molar-refractivity contribution in [1.82, 2.24) is 0 Å². The van der Waals surface area contributed by atoms with Gasteiger partial charge in [0.1, 0.15) is 11.5 Å². The summed E-state index contributed by atoms with van der Waals surface area (Å²) >= 11 is 3.45. The molecule has 0 fully saturated rings. The average Bonchev–Trinajstić information content (AvgIpc) is 2.39. The summed E-state index contributed by atoms with van der Waals surface area (Å²) in [5.41, 5.74) is 0.547. The van der Waals surface area contributed by atoms with Crippen LogP contribution in [0, 0.1) is 17.2 Å². The molecule has 0 aliphatic heterocycles. The van der Waals surface area contributed by atoms with Crippen molar-refractivity contribution in [3.63, 3.8) is 0 Å². The fourth-order valence-corrected chi connectivity index (χ4v) is 1.97. The van der Waals surface area contributed by atoms with Crippen molar-refractivity contribution in [3.05, 3.63) is 23.8 Å². The van der Waals surface area contributed by atoms with Crippen LogP contribution < -0.4 is 9.47 Å². The molecule has 1 aromatic rings. The molecule has 0 aliphatic carbocycles. The molecule has 0 saturated carbocycles. The lowest BCUT2D eigenvalue weighted by molar-refractivity contribution is 0.259. The van der Waals surface area contributed by atoms with E-state index in [2.05, 4.69) is 28.9 Å². The molecule has 0 saturated heterocycles. The highest BCUT2D eigenvalue weighted by atomic mass is 79.9. The number of rotatable bonds is 6. The van der Waals surface area contributed by atoms with Gasteiger partial charge in [-0.05, 0) is 18.6 Å². The van der Waals surface area contributed by atoms with Crippen molar-refractivity contribution in [2.75, 3.05) is 19.0 Å². The van der Waals surface area contributed by atoms with Gasteiger partial charge in [-0.1, -0.05) is 22.9 Å². The van der Waals surface area contributed by atoms with Gasteiger partial charge in [0.25, 0.3) is 0 Å². The topological polar surface area (TPSA) is 42.2 Å². The summed E-state index contributed by atoms with van der Waals surface area (Å²) in [4.78, 5) is 0. The Kier molecular flexibility index (Phi) is 5.85. The number of halogens is 1. The number of benzene rings is 1. The van der Waals surface area contributed by atoms with Gasteiger partial charge < -0.3 is 9.47 Å². The quantitative estimate of drug-likeness (QED) is 0.756. The van der Waals surface area contributed by atoms with E-state index >= 15 is 0 Å².